The van der Waals surface area contributed by atoms with Crippen LogP contribution in [0, 0.1) is 0 Å². The van der Waals surface area contributed by atoms with Crippen LogP contribution in [-0.2, 0) is 9.59 Å². The van der Waals surface area contributed by atoms with Crippen molar-refractivity contribution in [3.8, 4) is 17.1 Å². The van der Waals surface area contributed by atoms with E-state index in [9.17, 15) is 9.59 Å². The summed E-state index contributed by atoms with van der Waals surface area (Å²) in [6.07, 6.45) is 8.29. The SMILES string of the molecule is CC(=O)CCCO.CC(=O)NCCOc1cc(N)nc2cc(-n3cccn3)ccc12.Nc1cc(Cl)c2ccc(-n3cccn3)cc2n1. The molecular formula is C33H36ClN9O4. The van der Waals surface area contributed by atoms with Crippen LogP contribution in [0.2, 0.25) is 5.02 Å². The monoisotopic (exact) mass is 657 g/mol. The van der Waals surface area contributed by atoms with E-state index < -0.39 is 0 Å². The van der Waals surface area contributed by atoms with Gasteiger partial charge in [0.15, 0.2) is 0 Å². The predicted octanol–water partition coefficient (Wildman–Crippen LogP) is 4.52. The van der Waals surface area contributed by atoms with Gasteiger partial charge in [0.25, 0.3) is 0 Å². The van der Waals surface area contributed by atoms with E-state index in [1.54, 1.807) is 33.9 Å². The van der Waals surface area contributed by atoms with Gasteiger partial charge < -0.3 is 31.4 Å². The highest BCUT2D eigenvalue weighted by Crippen LogP contribution is 2.28. The molecule has 6 rings (SSSR count). The van der Waals surface area contributed by atoms with Crippen molar-refractivity contribution in [2.45, 2.75) is 26.7 Å². The fourth-order valence-corrected chi connectivity index (χ4v) is 4.63. The van der Waals surface area contributed by atoms with Crippen molar-refractivity contribution in [1.29, 1.82) is 0 Å². The molecule has 4 heterocycles. The average molecular weight is 658 g/mol. The van der Waals surface area contributed by atoms with Gasteiger partial charge in [-0.2, -0.15) is 10.2 Å². The molecule has 14 heteroatoms. The first-order valence-corrected chi connectivity index (χ1v) is 15.1. The molecule has 0 radical (unpaired) electrons. The van der Waals surface area contributed by atoms with E-state index in [0.717, 1.165) is 33.2 Å². The first kappa shape index (κ1) is 34.3. The molecule has 6 aromatic rings. The van der Waals surface area contributed by atoms with E-state index in [1.165, 1.54) is 13.8 Å². The van der Waals surface area contributed by atoms with Crippen LogP contribution in [0.15, 0.2) is 85.5 Å². The van der Waals surface area contributed by atoms with Crippen LogP contribution < -0.4 is 21.5 Å². The number of hydrogen-bond acceptors (Lipinski definition) is 10. The first-order chi connectivity index (χ1) is 22.6. The molecule has 13 nitrogen and oxygen atoms in total. The van der Waals surface area contributed by atoms with Gasteiger partial charge in [0, 0.05) is 61.6 Å². The third kappa shape index (κ3) is 9.98. The molecule has 0 bridgehead atoms. The summed E-state index contributed by atoms with van der Waals surface area (Å²) in [6.45, 7) is 3.91. The van der Waals surface area contributed by atoms with Crippen molar-refractivity contribution in [3.05, 3.63) is 90.5 Å². The van der Waals surface area contributed by atoms with Crippen LogP contribution in [0.1, 0.15) is 26.7 Å². The van der Waals surface area contributed by atoms with Gasteiger partial charge in [0.2, 0.25) is 5.91 Å². The Hall–Kier alpha value is -5.53. The highest BCUT2D eigenvalue weighted by molar-refractivity contribution is 6.35. The van der Waals surface area contributed by atoms with Crippen LogP contribution >= 0.6 is 11.6 Å². The number of carbonyl (C=O) groups excluding carboxylic acids is 2. The number of nitrogen functional groups attached to an aromatic ring is 2. The molecule has 244 valence electrons. The molecular weight excluding hydrogens is 622 g/mol. The second kappa shape index (κ2) is 16.7. The van der Waals surface area contributed by atoms with Crippen molar-refractivity contribution < 1.29 is 19.4 Å². The number of fused-ring (bicyclic) bond motifs is 2. The number of amides is 1. The number of benzene rings is 2. The minimum Gasteiger partial charge on any atom is -0.491 e. The Kier molecular flexibility index (Phi) is 12.2. The minimum absolute atomic E-state index is 0.0865. The molecule has 0 aliphatic rings. The largest absolute Gasteiger partial charge is 0.491 e. The topological polar surface area (TPSA) is 189 Å². The molecule has 1 amide bonds. The second-order valence-electron chi connectivity index (χ2n) is 10.2. The zero-order valence-electron chi connectivity index (χ0n) is 26.0. The first-order valence-electron chi connectivity index (χ1n) is 14.7. The molecule has 0 aliphatic heterocycles. The maximum Gasteiger partial charge on any atom is 0.216 e. The predicted molar refractivity (Wildman–Crippen MR) is 183 cm³/mol. The molecule has 2 aromatic carbocycles. The summed E-state index contributed by atoms with van der Waals surface area (Å²) < 4.78 is 9.24. The van der Waals surface area contributed by atoms with Gasteiger partial charge in [0.1, 0.15) is 29.8 Å². The van der Waals surface area contributed by atoms with Crippen molar-refractivity contribution >= 4 is 56.7 Å². The summed E-state index contributed by atoms with van der Waals surface area (Å²) in [7, 11) is 0. The Bertz CT molecular complexity index is 1930. The zero-order chi connectivity index (χ0) is 33.8. The molecule has 0 saturated heterocycles. The number of ketones is 1. The Morgan fingerprint density at radius 1 is 0.872 bits per heavy atom. The van der Waals surface area contributed by atoms with Crippen molar-refractivity contribution in [3.63, 3.8) is 0 Å². The molecule has 0 saturated carbocycles. The van der Waals surface area contributed by atoms with Gasteiger partial charge in [-0.05, 0) is 67.9 Å². The molecule has 0 fully saturated rings. The van der Waals surface area contributed by atoms with Gasteiger partial charge >= 0.3 is 0 Å². The lowest BCUT2D eigenvalue weighted by molar-refractivity contribution is -0.119. The van der Waals surface area contributed by atoms with Crippen molar-refractivity contribution in [2.75, 3.05) is 31.2 Å². The summed E-state index contributed by atoms with van der Waals surface area (Å²) in [4.78, 5) is 29.6. The van der Waals surface area contributed by atoms with Crippen LogP contribution in [0.5, 0.6) is 5.75 Å². The lowest BCUT2D eigenvalue weighted by Crippen LogP contribution is -2.25. The smallest absolute Gasteiger partial charge is 0.216 e. The maximum absolute atomic E-state index is 10.9. The number of hydrogen-bond donors (Lipinski definition) is 4. The number of nitrogens with two attached hydrogens (primary N) is 2. The lowest BCUT2D eigenvalue weighted by atomic mass is 10.2. The second-order valence-corrected chi connectivity index (χ2v) is 10.6. The number of anilines is 2. The van der Waals surface area contributed by atoms with Gasteiger partial charge in [-0.15, -0.1) is 0 Å². The van der Waals surface area contributed by atoms with Crippen LogP contribution in [0.25, 0.3) is 33.2 Å². The minimum atomic E-state index is -0.0865. The molecule has 0 spiro atoms. The summed E-state index contributed by atoms with van der Waals surface area (Å²) in [6, 6.07) is 18.6. The number of nitrogens with zero attached hydrogens (tertiary/aromatic N) is 6. The van der Waals surface area contributed by atoms with Crippen LogP contribution in [0.3, 0.4) is 0 Å². The van der Waals surface area contributed by atoms with Gasteiger partial charge in [-0.25, -0.2) is 19.3 Å². The molecule has 0 unspecified atom stereocenters. The number of rotatable bonds is 9. The number of aromatic nitrogens is 6. The number of Topliss-reactive ketones (excluding diaryl/α,β-unsaturated/α-hetero) is 1. The summed E-state index contributed by atoms with van der Waals surface area (Å²) >= 11 is 6.10. The Balaban J connectivity index is 0.000000182. The third-order valence-electron chi connectivity index (χ3n) is 6.50. The number of aliphatic hydroxyl groups is 1. The van der Waals surface area contributed by atoms with E-state index in [4.69, 9.17) is 32.9 Å². The quantitative estimate of drug-likeness (QED) is 0.161. The number of nitrogens with one attached hydrogen (secondary N) is 1. The molecule has 6 N–H and O–H groups in total. The van der Waals surface area contributed by atoms with Crippen LogP contribution in [0.4, 0.5) is 11.6 Å². The number of ether oxygens (including phenoxy) is 1. The Labute approximate surface area is 276 Å². The summed E-state index contributed by atoms with van der Waals surface area (Å²) in [5, 5.41) is 21.6. The van der Waals surface area contributed by atoms with Crippen LogP contribution in [-0.4, -0.2) is 66.1 Å². The van der Waals surface area contributed by atoms with E-state index in [-0.39, 0.29) is 18.3 Å². The van der Waals surface area contributed by atoms with E-state index >= 15 is 0 Å². The number of pyridine rings is 2. The molecule has 0 aliphatic carbocycles. The zero-order valence-corrected chi connectivity index (χ0v) is 26.8. The average Bonchev–Trinajstić information content (AvgIpc) is 3.77. The van der Waals surface area contributed by atoms with Crippen molar-refractivity contribution in [1.82, 2.24) is 34.8 Å². The Morgan fingerprint density at radius 2 is 1.45 bits per heavy atom. The van der Waals surface area contributed by atoms with E-state index in [1.807, 2.05) is 60.9 Å². The fraction of sp³-hybridized carbons (Fsp3) is 0.212. The standard InChI is InChI=1S/C16H17N5O2.C12H9ClN4.C5H10O2/c1-11(22)18-6-8-23-15-10-16(17)20-14-9-12(3-4-13(14)15)21-7-2-5-19-21;13-10-7-12(14)16-11-6-8(2-3-9(10)11)17-5-1-4-15-17;1-5(7)3-2-4-6/h2-5,7,9-10H,6,8H2,1H3,(H2,17,20)(H,18,22);1-7H,(H2,14,16);6H,2-4H2,1H3. The molecule has 47 heavy (non-hydrogen) atoms. The highest BCUT2D eigenvalue weighted by Gasteiger charge is 2.08. The van der Waals surface area contributed by atoms with E-state index in [2.05, 4.69) is 25.5 Å². The fourth-order valence-electron chi connectivity index (χ4n) is 4.36. The van der Waals surface area contributed by atoms with Crippen molar-refractivity contribution in [2.24, 2.45) is 0 Å². The molecule has 0 atom stereocenters. The molecule has 4 aromatic heterocycles. The number of aliphatic hydroxyl groups excluding tert-OH is 1. The van der Waals surface area contributed by atoms with Gasteiger partial charge in [0.05, 0.1) is 34.0 Å². The van der Waals surface area contributed by atoms with E-state index in [0.29, 0.717) is 48.4 Å². The van der Waals surface area contributed by atoms with Gasteiger partial charge in [-0.1, -0.05) is 11.6 Å². The van der Waals surface area contributed by atoms with Gasteiger partial charge in [-0.3, -0.25) is 4.79 Å². The summed E-state index contributed by atoms with van der Waals surface area (Å²) in [5.41, 5.74) is 14.9. The number of halogens is 1. The lowest BCUT2D eigenvalue weighted by Gasteiger charge is -2.11. The highest BCUT2D eigenvalue weighted by atomic mass is 35.5. The number of carbonyl (C=O) groups is 2. The normalized spacial score (nSPS) is 10.5. The third-order valence-corrected chi connectivity index (χ3v) is 6.81. The Morgan fingerprint density at radius 3 is 1.96 bits per heavy atom. The summed E-state index contributed by atoms with van der Waals surface area (Å²) in [5.74, 6) is 1.50. The maximum atomic E-state index is 10.9.